The fourth-order valence-corrected chi connectivity index (χ4v) is 0.495. The van der Waals surface area contributed by atoms with E-state index in [4.69, 9.17) is 17.6 Å². The molecule has 0 aromatic rings. The summed E-state index contributed by atoms with van der Waals surface area (Å²) in [5, 5.41) is 0. The molecule has 2 heteroatoms. The minimum Gasteiger partial charge on any atom is -0.465 e. The standard InChI is InChI=1S/C9H10O2/c1-3-5-6-8-11-9(10)7-4-2/h1-2H,5-8H2. The Kier molecular flexibility index (Phi) is 5.85. The molecule has 0 heterocycles. The minimum absolute atomic E-state index is 0.0378. The summed E-state index contributed by atoms with van der Waals surface area (Å²) in [5.74, 6) is 4.28. The van der Waals surface area contributed by atoms with Gasteiger partial charge in [-0.1, -0.05) is 5.92 Å². The molecule has 0 aliphatic rings. The van der Waals surface area contributed by atoms with E-state index in [0.29, 0.717) is 19.4 Å². The van der Waals surface area contributed by atoms with Crippen LogP contribution >= 0.6 is 0 Å². The molecule has 0 radical (unpaired) electrons. The fourth-order valence-electron chi connectivity index (χ4n) is 0.495. The Morgan fingerprint density at radius 1 is 1.36 bits per heavy atom. The number of carbonyl (C=O) groups excluding carboxylic acids is 1. The fraction of sp³-hybridized carbons (Fsp3) is 0.444. The van der Waals surface area contributed by atoms with E-state index in [1.54, 1.807) is 0 Å². The highest BCUT2D eigenvalue weighted by Gasteiger charge is 1.97. The molecular weight excluding hydrogens is 140 g/mol. The van der Waals surface area contributed by atoms with E-state index < -0.39 is 0 Å². The van der Waals surface area contributed by atoms with Crippen LogP contribution < -0.4 is 0 Å². The number of esters is 1. The maximum absolute atomic E-state index is 10.6. The number of ether oxygens (including phenoxy) is 1. The third kappa shape index (κ3) is 6.48. The number of hydrogen-bond donors (Lipinski definition) is 0. The second-order valence-electron chi connectivity index (χ2n) is 1.91. The quantitative estimate of drug-likeness (QED) is 0.339. The zero-order valence-corrected chi connectivity index (χ0v) is 6.30. The van der Waals surface area contributed by atoms with Crippen molar-refractivity contribution in [2.24, 2.45) is 0 Å². The maximum Gasteiger partial charge on any atom is 0.317 e. The average Bonchev–Trinajstić information content (AvgIpc) is 1.99. The van der Waals surface area contributed by atoms with E-state index in [1.165, 1.54) is 0 Å². The van der Waals surface area contributed by atoms with Gasteiger partial charge in [-0.2, -0.15) is 0 Å². The van der Waals surface area contributed by atoms with Crippen LogP contribution in [0.5, 0.6) is 0 Å². The van der Waals surface area contributed by atoms with Gasteiger partial charge in [0.05, 0.1) is 6.61 Å². The van der Waals surface area contributed by atoms with Gasteiger partial charge in [-0.25, -0.2) is 0 Å². The van der Waals surface area contributed by atoms with Crippen molar-refractivity contribution in [1.29, 1.82) is 0 Å². The zero-order chi connectivity index (χ0) is 8.53. The van der Waals surface area contributed by atoms with Crippen LogP contribution in [0, 0.1) is 24.7 Å². The van der Waals surface area contributed by atoms with Gasteiger partial charge >= 0.3 is 5.97 Å². The Morgan fingerprint density at radius 2 is 2.09 bits per heavy atom. The lowest BCUT2D eigenvalue weighted by atomic mass is 10.3. The van der Waals surface area contributed by atoms with Gasteiger partial charge in [0.25, 0.3) is 0 Å². The van der Waals surface area contributed by atoms with Gasteiger partial charge in [0.15, 0.2) is 0 Å². The minimum atomic E-state index is -0.357. The highest BCUT2D eigenvalue weighted by atomic mass is 16.5. The maximum atomic E-state index is 10.6. The van der Waals surface area contributed by atoms with Crippen molar-refractivity contribution in [3.8, 4) is 24.7 Å². The summed E-state index contributed by atoms with van der Waals surface area (Å²) in [4.78, 5) is 10.6. The number of unbranched alkanes of at least 4 members (excludes halogenated alkanes) is 1. The molecule has 0 N–H and O–H groups in total. The van der Waals surface area contributed by atoms with E-state index in [1.807, 2.05) is 0 Å². The summed E-state index contributed by atoms with van der Waals surface area (Å²) in [6.07, 6.45) is 11.2. The summed E-state index contributed by atoms with van der Waals surface area (Å²) in [5.41, 5.74) is 0. The molecule has 0 aliphatic carbocycles. The molecule has 0 aromatic heterocycles. The van der Waals surface area contributed by atoms with E-state index >= 15 is 0 Å². The molecule has 0 saturated carbocycles. The summed E-state index contributed by atoms with van der Waals surface area (Å²) in [6.45, 7) is 0.366. The predicted molar refractivity (Wildman–Crippen MR) is 42.5 cm³/mol. The number of terminal acetylenes is 2. The third-order valence-corrected chi connectivity index (χ3v) is 0.975. The topological polar surface area (TPSA) is 26.3 Å². The van der Waals surface area contributed by atoms with Crippen molar-refractivity contribution in [1.82, 2.24) is 0 Å². The van der Waals surface area contributed by atoms with Crippen LogP contribution in [0.2, 0.25) is 0 Å². The SMILES string of the molecule is C#CCCCOC(=O)CC#C. The molecule has 0 aliphatic heterocycles. The van der Waals surface area contributed by atoms with Crippen LogP contribution in [0.15, 0.2) is 0 Å². The predicted octanol–water partition coefficient (Wildman–Crippen LogP) is 0.966. The Labute approximate surface area is 66.9 Å². The first-order chi connectivity index (χ1) is 5.31. The molecule has 0 rings (SSSR count). The van der Waals surface area contributed by atoms with E-state index in [-0.39, 0.29) is 12.4 Å². The van der Waals surface area contributed by atoms with Crippen molar-refractivity contribution in [3.05, 3.63) is 0 Å². The zero-order valence-electron chi connectivity index (χ0n) is 6.30. The first-order valence-corrected chi connectivity index (χ1v) is 3.33. The van der Waals surface area contributed by atoms with Crippen LogP contribution in [0.1, 0.15) is 19.3 Å². The van der Waals surface area contributed by atoms with Crippen LogP contribution in [0.25, 0.3) is 0 Å². The van der Waals surface area contributed by atoms with E-state index in [2.05, 4.69) is 11.8 Å². The lowest BCUT2D eigenvalue weighted by molar-refractivity contribution is -0.142. The van der Waals surface area contributed by atoms with Crippen LogP contribution in [-0.4, -0.2) is 12.6 Å². The first-order valence-electron chi connectivity index (χ1n) is 3.33. The van der Waals surface area contributed by atoms with E-state index in [0.717, 1.165) is 0 Å². The molecule has 58 valence electrons. The van der Waals surface area contributed by atoms with Crippen molar-refractivity contribution >= 4 is 5.97 Å². The molecular formula is C9H10O2. The van der Waals surface area contributed by atoms with Gasteiger partial charge in [0.1, 0.15) is 6.42 Å². The summed E-state index contributed by atoms with van der Waals surface area (Å²) < 4.78 is 4.71. The molecule has 0 amide bonds. The van der Waals surface area contributed by atoms with Crippen molar-refractivity contribution in [2.75, 3.05) is 6.61 Å². The summed E-state index contributed by atoms with van der Waals surface area (Å²) in [7, 11) is 0. The molecule has 0 aromatic carbocycles. The number of hydrogen-bond acceptors (Lipinski definition) is 2. The van der Waals surface area contributed by atoms with Gasteiger partial charge in [0, 0.05) is 6.42 Å². The Hall–Kier alpha value is -1.41. The second kappa shape index (κ2) is 6.71. The van der Waals surface area contributed by atoms with E-state index in [9.17, 15) is 4.79 Å². The monoisotopic (exact) mass is 150 g/mol. The second-order valence-corrected chi connectivity index (χ2v) is 1.91. The highest BCUT2D eigenvalue weighted by Crippen LogP contribution is 1.90. The van der Waals surface area contributed by atoms with Gasteiger partial charge < -0.3 is 4.74 Å². The highest BCUT2D eigenvalue weighted by molar-refractivity contribution is 5.72. The molecule has 11 heavy (non-hydrogen) atoms. The summed E-state index contributed by atoms with van der Waals surface area (Å²) >= 11 is 0. The van der Waals surface area contributed by atoms with Crippen LogP contribution in [0.3, 0.4) is 0 Å². The van der Waals surface area contributed by atoms with Crippen LogP contribution in [0.4, 0.5) is 0 Å². The summed E-state index contributed by atoms with van der Waals surface area (Å²) in [6, 6.07) is 0. The largest absolute Gasteiger partial charge is 0.465 e. The van der Waals surface area contributed by atoms with Gasteiger partial charge in [-0.05, 0) is 6.42 Å². The number of rotatable bonds is 4. The Morgan fingerprint density at radius 3 is 2.64 bits per heavy atom. The normalized spacial score (nSPS) is 7.82. The first kappa shape index (κ1) is 9.59. The van der Waals surface area contributed by atoms with Gasteiger partial charge in [-0.3, -0.25) is 4.79 Å². The Balaban J connectivity index is 3.20. The Bertz CT molecular complexity index is 193. The van der Waals surface area contributed by atoms with Crippen molar-refractivity contribution in [2.45, 2.75) is 19.3 Å². The van der Waals surface area contributed by atoms with Crippen molar-refractivity contribution < 1.29 is 9.53 Å². The van der Waals surface area contributed by atoms with Gasteiger partial charge in [-0.15, -0.1) is 18.8 Å². The smallest absolute Gasteiger partial charge is 0.317 e. The number of carbonyl (C=O) groups is 1. The van der Waals surface area contributed by atoms with Gasteiger partial charge in [0.2, 0.25) is 0 Å². The molecule has 0 saturated heterocycles. The lowest BCUT2D eigenvalue weighted by Gasteiger charge is -1.98. The van der Waals surface area contributed by atoms with Crippen molar-refractivity contribution in [3.63, 3.8) is 0 Å². The lowest BCUT2D eigenvalue weighted by Crippen LogP contribution is -2.03. The van der Waals surface area contributed by atoms with Crippen LogP contribution in [-0.2, 0) is 9.53 Å². The third-order valence-electron chi connectivity index (χ3n) is 0.975. The molecule has 0 spiro atoms. The molecule has 0 bridgehead atoms. The molecule has 2 nitrogen and oxygen atoms in total. The molecule has 0 unspecified atom stereocenters. The molecule has 0 fully saturated rings. The average molecular weight is 150 g/mol. The molecule has 0 atom stereocenters.